The molecule has 1 N–H and O–H groups in total. The smallest absolute Gasteiger partial charge is 0.253 e. The molecular formula is C17H19N3O5S. The molecule has 0 spiro atoms. The summed E-state index contributed by atoms with van der Waals surface area (Å²) in [5.41, 5.74) is 0.656. The van der Waals surface area contributed by atoms with Gasteiger partial charge in [0.15, 0.2) is 11.5 Å². The fourth-order valence-corrected chi connectivity index (χ4v) is 3.82. The summed E-state index contributed by atoms with van der Waals surface area (Å²) in [6.45, 7) is 1.12. The molecule has 0 radical (unpaired) electrons. The first-order valence-electron chi connectivity index (χ1n) is 8.49. The molecular weight excluding hydrogens is 358 g/mol. The fourth-order valence-electron chi connectivity index (χ4n) is 2.78. The van der Waals surface area contributed by atoms with E-state index < -0.39 is 10.0 Å². The van der Waals surface area contributed by atoms with Crippen LogP contribution in [-0.2, 0) is 16.6 Å². The predicted molar refractivity (Wildman–Crippen MR) is 93.1 cm³/mol. The van der Waals surface area contributed by atoms with E-state index in [9.17, 15) is 13.2 Å². The largest absolute Gasteiger partial charge is 0.486 e. The zero-order valence-corrected chi connectivity index (χ0v) is 14.9. The topological polar surface area (TPSA) is 99.5 Å². The van der Waals surface area contributed by atoms with Crippen molar-refractivity contribution in [2.75, 3.05) is 19.8 Å². The summed E-state index contributed by atoms with van der Waals surface area (Å²) in [4.78, 5) is 16.4. The van der Waals surface area contributed by atoms with Crippen molar-refractivity contribution < 1.29 is 17.9 Å². The molecule has 1 aliphatic carbocycles. The van der Waals surface area contributed by atoms with Crippen molar-refractivity contribution in [1.29, 1.82) is 0 Å². The van der Waals surface area contributed by atoms with Crippen LogP contribution >= 0.6 is 0 Å². The molecule has 2 aliphatic rings. The molecule has 8 nitrogen and oxygen atoms in total. The number of sulfonamides is 1. The molecule has 1 aliphatic heterocycles. The highest BCUT2D eigenvalue weighted by molar-refractivity contribution is 7.89. The standard InChI is InChI=1S/C17H19N3O5S/c21-17-10-14(12-1-2-12)18-11-20(17)6-5-19-26(22,23)13-3-4-15-16(9-13)25-8-7-24-15/h3-4,9-12,19H,1-2,5-8H2. The van der Waals surface area contributed by atoms with Gasteiger partial charge in [0.2, 0.25) is 10.0 Å². The normalized spacial score (nSPS) is 16.5. The van der Waals surface area contributed by atoms with Crippen LogP contribution in [0, 0.1) is 0 Å². The van der Waals surface area contributed by atoms with Gasteiger partial charge in [-0.05, 0) is 25.0 Å². The summed E-state index contributed by atoms with van der Waals surface area (Å²) < 4.78 is 39.6. The number of fused-ring (bicyclic) bond motifs is 1. The van der Waals surface area contributed by atoms with Crippen molar-refractivity contribution in [3.63, 3.8) is 0 Å². The van der Waals surface area contributed by atoms with Crippen LogP contribution in [0.15, 0.2) is 40.3 Å². The third-order valence-corrected chi connectivity index (χ3v) is 5.82. The van der Waals surface area contributed by atoms with Crippen LogP contribution in [0.1, 0.15) is 24.5 Å². The second-order valence-electron chi connectivity index (χ2n) is 6.32. The van der Waals surface area contributed by atoms with Crippen molar-refractivity contribution in [1.82, 2.24) is 14.3 Å². The van der Waals surface area contributed by atoms with E-state index in [4.69, 9.17) is 9.47 Å². The molecule has 138 valence electrons. The Morgan fingerprint density at radius 2 is 1.92 bits per heavy atom. The molecule has 26 heavy (non-hydrogen) atoms. The first-order valence-corrected chi connectivity index (χ1v) is 9.97. The van der Waals surface area contributed by atoms with Gasteiger partial charge in [-0.1, -0.05) is 0 Å². The summed E-state index contributed by atoms with van der Waals surface area (Å²) in [6.07, 6.45) is 3.63. The van der Waals surface area contributed by atoms with E-state index in [0.717, 1.165) is 18.5 Å². The summed E-state index contributed by atoms with van der Waals surface area (Å²) >= 11 is 0. The van der Waals surface area contributed by atoms with Crippen molar-refractivity contribution >= 4 is 10.0 Å². The third-order valence-electron chi connectivity index (χ3n) is 4.36. The highest BCUT2D eigenvalue weighted by Gasteiger charge is 2.25. The average Bonchev–Trinajstić information content (AvgIpc) is 3.48. The van der Waals surface area contributed by atoms with Gasteiger partial charge in [-0.2, -0.15) is 0 Å². The van der Waals surface area contributed by atoms with E-state index in [-0.39, 0.29) is 23.5 Å². The number of ether oxygens (including phenoxy) is 2. The van der Waals surface area contributed by atoms with Crippen molar-refractivity contribution in [3.05, 3.63) is 46.6 Å². The lowest BCUT2D eigenvalue weighted by Gasteiger charge is -2.19. The highest BCUT2D eigenvalue weighted by atomic mass is 32.2. The van der Waals surface area contributed by atoms with Gasteiger partial charge in [0.1, 0.15) is 13.2 Å². The summed E-state index contributed by atoms with van der Waals surface area (Å²) in [6, 6.07) is 6.02. The minimum Gasteiger partial charge on any atom is -0.486 e. The molecule has 0 bridgehead atoms. The first-order chi connectivity index (χ1) is 12.5. The molecule has 0 atom stereocenters. The Bertz CT molecular complexity index is 982. The van der Waals surface area contributed by atoms with Crippen LogP contribution in [0.5, 0.6) is 11.5 Å². The number of aromatic nitrogens is 2. The van der Waals surface area contributed by atoms with Crippen LogP contribution in [-0.4, -0.2) is 37.7 Å². The Balaban J connectivity index is 1.41. The van der Waals surface area contributed by atoms with E-state index in [1.165, 1.54) is 29.1 Å². The van der Waals surface area contributed by atoms with Gasteiger partial charge >= 0.3 is 0 Å². The average molecular weight is 377 g/mol. The molecule has 2 aromatic rings. The lowest BCUT2D eigenvalue weighted by Crippen LogP contribution is -2.31. The highest BCUT2D eigenvalue weighted by Crippen LogP contribution is 2.38. The van der Waals surface area contributed by atoms with Gasteiger partial charge in [0.25, 0.3) is 5.56 Å². The first kappa shape index (κ1) is 17.0. The third kappa shape index (κ3) is 3.58. The maximum absolute atomic E-state index is 12.4. The Labute approximate surface area is 150 Å². The van der Waals surface area contributed by atoms with Crippen LogP contribution < -0.4 is 19.8 Å². The molecule has 0 amide bonds. The van der Waals surface area contributed by atoms with Crippen LogP contribution in [0.4, 0.5) is 0 Å². The Hall–Kier alpha value is -2.39. The zero-order chi connectivity index (χ0) is 18.1. The minimum absolute atomic E-state index is 0.0845. The van der Waals surface area contributed by atoms with E-state index in [1.54, 1.807) is 6.07 Å². The Morgan fingerprint density at radius 1 is 1.15 bits per heavy atom. The lowest BCUT2D eigenvalue weighted by atomic mass is 10.3. The van der Waals surface area contributed by atoms with E-state index in [0.29, 0.717) is 30.6 Å². The van der Waals surface area contributed by atoms with Crippen molar-refractivity contribution in [3.8, 4) is 11.5 Å². The van der Waals surface area contributed by atoms with E-state index in [1.807, 2.05) is 0 Å². The fraction of sp³-hybridized carbons (Fsp3) is 0.412. The van der Waals surface area contributed by atoms with Crippen molar-refractivity contribution in [2.45, 2.75) is 30.2 Å². The number of nitrogens with zero attached hydrogens (tertiary/aromatic N) is 2. The summed E-state index contributed by atoms with van der Waals surface area (Å²) in [5, 5.41) is 0. The minimum atomic E-state index is -3.71. The zero-order valence-electron chi connectivity index (χ0n) is 14.1. The number of rotatable bonds is 6. The van der Waals surface area contributed by atoms with Crippen LogP contribution in [0.2, 0.25) is 0 Å². The lowest BCUT2D eigenvalue weighted by molar-refractivity contribution is 0.171. The van der Waals surface area contributed by atoms with Crippen LogP contribution in [0.25, 0.3) is 0 Å². The van der Waals surface area contributed by atoms with Gasteiger partial charge in [-0.25, -0.2) is 18.1 Å². The van der Waals surface area contributed by atoms with Gasteiger partial charge in [0, 0.05) is 31.1 Å². The van der Waals surface area contributed by atoms with Gasteiger partial charge in [-0.3, -0.25) is 9.36 Å². The Morgan fingerprint density at radius 3 is 2.65 bits per heavy atom. The molecule has 0 saturated heterocycles. The second-order valence-corrected chi connectivity index (χ2v) is 8.09. The monoisotopic (exact) mass is 377 g/mol. The molecule has 1 fully saturated rings. The van der Waals surface area contributed by atoms with E-state index >= 15 is 0 Å². The summed E-state index contributed by atoms with van der Waals surface area (Å²) in [5.74, 6) is 1.35. The van der Waals surface area contributed by atoms with Gasteiger partial charge < -0.3 is 9.47 Å². The molecule has 9 heteroatoms. The van der Waals surface area contributed by atoms with E-state index in [2.05, 4.69) is 9.71 Å². The molecule has 1 aromatic heterocycles. The van der Waals surface area contributed by atoms with Gasteiger partial charge in [0.05, 0.1) is 16.9 Å². The van der Waals surface area contributed by atoms with Crippen molar-refractivity contribution in [2.24, 2.45) is 0 Å². The van der Waals surface area contributed by atoms with Gasteiger partial charge in [-0.15, -0.1) is 0 Å². The number of hydrogen-bond acceptors (Lipinski definition) is 6. The number of hydrogen-bond donors (Lipinski definition) is 1. The Kier molecular flexibility index (Phi) is 4.41. The second kappa shape index (κ2) is 6.73. The number of nitrogens with one attached hydrogen (secondary N) is 1. The molecule has 4 rings (SSSR count). The maximum Gasteiger partial charge on any atom is 0.253 e. The predicted octanol–water partition coefficient (Wildman–Crippen LogP) is 0.870. The summed E-state index contributed by atoms with van der Waals surface area (Å²) in [7, 11) is -3.71. The quantitative estimate of drug-likeness (QED) is 0.802. The molecule has 2 heterocycles. The molecule has 1 aromatic carbocycles. The maximum atomic E-state index is 12.4. The molecule has 0 unspecified atom stereocenters. The molecule has 1 saturated carbocycles. The SMILES string of the molecule is O=c1cc(C2CC2)ncn1CCNS(=O)(=O)c1ccc2c(c1)OCCO2. The number of benzene rings is 1. The van der Waals surface area contributed by atoms with Crippen LogP contribution in [0.3, 0.4) is 0 Å².